The molecule has 1 saturated heterocycles. The fraction of sp³-hybridized carbons (Fsp3) is 0.400. The molecule has 90 valence electrons. The summed E-state index contributed by atoms with van der Waals surface area (Å²) in [4.78, 5) is 26.0. The lowest BCUT2D eigenvalue weighted by molar-refractivity contribution is -0.124. The highest BCUT2D eigenvalue weighted by Gasteiger charge is 2.35. The number of nitrogens with two attached hydrogens (primary N) is 1. The van der Waals surface area contributed by atoms with E-state index in [1.807, 2.05) is 0 Å². The predicted octanol–water partition coefficient (Wildman–Crippen LogP) is 0.580. The van der Waals surface area contributed by atoms with Crippen LogP contribution in [0.1, 0.15) is 13.3 Å². The van der Waals surface area contributed by atoms with E-state index < -0.39 is 11.1 Å². The molecule has 0 saturated carbocycles. The van der Waals surface area contributed by atoms with E-state index in [1.54, 1.807) is 11.1 Å². The van der Waals surface area contributed by atoms with Gasteiger partial charge in [0, 0.05) is 13.0 Å². The van der Waals surface area contributed by atoms with Gasteiger partial charge in [-0.2, -0.15) is 0 Å². The molecular weight excluding hydrogens is 238 g/mol. The second kappa shape index (κ2) is 3.78. The van der Waals surface area contributed by atoms with Gasteiger partial charge in [0.25, 0.3) is 0 Å². The maximum absolute atomic E-state index is 11.8. The number of rotatable bonds is 0. The monoisotopic (exact) mass is 251 g/mol. The van der Waals surface area contributed by atoms with Crippen molar-refractivity contribution < 1.29 is 4.79 Å². The lowest BCUT2D eigenvalue weighted by Crippen LogP contribution is -2.32. The molecule has 3 rings (SSSR count). The van der Waals surface area contributed by atoms with Gasteiger partial charge in [0.2, 0.25) is 5.91 Å². The Kier molecular flexibility index (Phi) is 2.37. The third kappa shape index (κ3) is 1.62. The van der Waals surface area contributed by atoms with E-state index in [4.69, 9.17) is 5.14 Å². The number of aliphatic imine (C=N–C) groups is 1. The lowest BCUT2D eigenvalue weighted by atomic mass is 10.2. The summed E-state index contributed by atoms with van der Waals surface area (Å²) in [5, 5.41) is 7.56. The first-order valence-electron chi connectivity index (χ1n) is 5.40. The van der Waals surface area contributed by atoms with Crippen LogP contribution in [0.15, 0.2) is 22.5 Å². The number of carbonyl (C=O) groups excluding carboxylic acids is 1. The van der Waals surface area contributed by atoms with E-state index in [2.05, 4.69) is 21.9 Å². The molecule has 2 atom stereocenters. The Morgan fingerprint density at radius 1 is 1.59 bits per heavy atom. The van der Waals surface area contributed by atoms with Crippen LogP contribution in [0.3, 0.4) is 0 Å². The van der Waals surface area contributed by atoms with Gasteiger partial charge in [-0.15, -0.1) is 0 Å². The van der Waals surface area contributed by atoms with Gasteiger partial charge < -0.3 is 0 Å². The lowest BCUT2D eigenvalue weighted by Gasteiger charge is -2.21. The van der Waals surface area contributed by atoms with Crippen molar-refractivity contribution in [2.75, 3.05) is 6.54 Å². The van der Waals surface area contributed by atoms with Crippen LogP contribution in [-0.2, 0) is 4.79 Å². The van der Waals surface area contributed by atoms with Crippen molar-refractivity contribution >= 4 is 27.8 Å². The molecule has 1 aromatic heterocycles. The molecular formula is C10H13N5OS. The topological polar surface area (TPSA) is 84.5 Å². The van der Waals surface area contributed by atoms with Crippen LogP contribution >= 0.6 is 11.1 Å². The highest BCUT2D eigenvalue weighted by molar-refractivity contribution is 8.28. The fourth-order valence-corrected chi connectivity index (χ4v) is 3.50. The number of fused-ring (bicyclic) bond motifs is 1. The molecule has 2 aliphatic heterocycles. The van der Waals surface area contributed by atoms with Crippen molar-refractivity contribution in [2.24, 2.45) is 16.0 Å². The standard InChI is InChI=1S/C10H13N5OS/c1-6-2-8(16)15(4-6)10-14-7-3-12-5-13-9(7)17(10)11/h3,5-6,17H,2,4,11H2,1H3. The zero-order valence-electron chi connectivity index (χ0n) is 9.37. The predicted molar refractivity (Wildman–Crippen MR) is 66.1 cm³/mol. The summed E-state index contributed by atoms with van der Waals surface area (Å²) in [6, 6.07) is 0. The van der Waals surface area contributed by atoms with Gasteiger partial charge in [-0.25, -0.2) is 15.0 Å². The molecule has 2 aliphatic rings. The Hall–Kier alpha value is -1.47. The Morgan fingerprint density at radius 3 is 3.06 bits per heavy atom. The van der Waals surface area contributed by atoms with E-state index >= 15 is 0 Å². The largest absolute Gasteiger partial charge is 0.291 e. The van der Waals surface area contributed by atoms with Crippen LogP contribution in [0.25, 0.3) is 0 Å². The summed E-state index contributed by atoms with van der Waals surface area (Å²) in [5.74, 6) is 0.471. The number of carbonyl (C=O) groups is 1. The number of amides is 1. The van der Waals surface area contributed by atoms with Crippen LogP contribution in [0.2, 0.25) is 0 Å². The second-order valence-electron chi connectivity index (χ2n) is 4.33. The number of hydrogen-bond donors (Lipinski definition) is 2. The molecule has 6 nitrogen and oxygen atoms in total. The number of aromatic nitrogens is 2. The SMILES string of the molecule is CC1CC(=O)N(C2=Nc3cncnc3[SH]2N)C1. The molecule has 0 aliphatic carbocycles. The first-order valence-corrected chi connectivity index (χ1v) is 6.82. The molecule has 2 unspecified atom stereocenters. The minimum atomic E-state index is -1.10. The number of hydrogen-bond acceptors (Lipinski definition) is 5. The average molecular weight is 251 g/mol. The fourth-order valence-electron chi connectivity index (χ4n) is 2.11. The maximum Gasteiger partial charge on any atom is 0.228 e. The summed E-state index contributed by atoms with van der Waals surface area (Å²) in [6.45, 7) is 2.76. The van der Waals surface area contributed by atoms with Gasteiger partial charge in [-0.3, -0.25) is 14.8 Å². The highest BCUT2D eigenvalue weighted by atomic mass is 32.2. The van der Waals surface area contributed by atoms with Gasteiger partial charge >= 0.3 is 0 Å². The molecule has 2 N–H and O–H groups in total. The Balaban J connectivity index is 1.95. The van der Waals surface area contributed by atoms with Gasteiger partial charge in [0.15, 0.2) is 5.17 Å². The first kappa shape index (κ1) is 10.7. The third-order valence-electron chi connectivity index (χ3n) is 2.90. The average Bonchev–Trinajstić information content (AvgIpc) is 2.80. The number of thiol groups is 1. The highest BCUT2D eigenvalue weighted by Crippen LogP contribution is 2.44. The van der Waals surface area contributed by atoms with Crippen LogP contribution < -0.4 is 5.14 Å². The van der Waals surface area contributed by atoms with Crippen LogP contribution in [-0.4, -0.2) is 32.5 Å². The van der Waals surface area contributed by atoms with Crippen molar-refractivity contribution in [3.63, 3.8) is 0 Å². The quantitative estimate of drug-likeness (QED) is 0.522. The molecule has 17 heavy (non-hydrogen) atoms. The summed E-state index contributed by atoms with van der Waals surface area (Å²) in [6.07, 6.45) is 3.68. The van der Waals surface area contributed by atoms with E-state index in [9.17, 15) is 4.79 Å². The molecule has 1 fully saturated rings. The molecule has 1 aromatic rings. The van der Waals surface area contributed by atoms with Crippen molar-refractivity contribution in [3.05, 3.63) is 12.5 Å². The zero-order chi connectivity index (χ0) is 12.0. The van der Waals surface area contributed by atoms with E-state index in [-0.39, 0.29) is 5.91 Å². The Bertz CT molecular complexity index is 517. The van der Waals surface area contributed by atoms with Gasteiger partial charge in [-0.1, -0.05) is 18.0 Å². The smallest absolute Gasteiger partial charge is 0.228 e. The van der Waals surface area contributed by atoms with Crippen LogP contribution in [0, 0.1) is 5.92 Å². The molecule has 7 heteroatoms. The van der Waals surface area contributed by atoms with Gasteiger partial charge in [-0.05, 0) is 5.92 Å². The van der Waals surface area contributed by atoms with Crippen LogP contribution in [0.5, 0.6) is 0 Å². The third-order valence-corrected chi connectivity index (χ3v) is 4.47. The van der Waals surface area contributed by atoms with Gasteiger partial charge in [0.1, 0.15) is 17.0 Å². The van der Waals surface area contributed by atoms with Crippen molar-refractivity contribution in [1.82, 2.24) is 14.9 Å². The number of nitrogens with zero attached hydrogens (tertiary/aromatic N) is 4. The second-order valence-corrected chi connectivity index (χ2v) is 5.89. The molecule has 0 aromatic carbocycles. The minimum Gasteiger partial charge on any atom is -0.291 e. The zero-order valence-corrected chi connectivity index (χ0v) is 10.3. The van der Waals surface area contributed by atoms with E-state index in [0.717, 1.165) is 5.03 Å². The summed E-state index contributed by atoms with van der Waals surface area (Å²) in [5.41, 5.74) is 0.698. The summed E-state index contributed by atoms with van der Waals surface area (Å²) >= 11 is -1.10. The van der Waals surface area contributed by atoms with E-state index in [0.29, 0.717) is 29.7 Å². The Labute approximate surface area is 101 Å². The maximum atomic E-state index is 11.8. The summed E-state index contributed by atoms with van der Waals surface area (Å²) < 4.78 is 0. The summed E-state index contributed by atoms with van der Waals surface area (Å²) in [7, 11) is 0. The molecule has 0 bridgehead atoms. The van der Waals surface area contributed by atoms with Crippen LogP contribution in [0.4, 0.5) is 5.69 Å². The number of amidine groups is 1. The molecule has 3 heterocycles. The van der Waals surface area contributed by atoms with Crippen molar-refractivity contribution in [2.45, 2.75) is 18.4 Å². The van der Waals surface area contributed by atoms with Crippen molar-refractivity contribution in [3.8, 4) is 0 Å². The minimum absolute atomic E-state index is 0.106. The van der Waals surface area contributed by atoms with Crippen molar-refractivity contribution in [1.29, 1.82) is 0 Å². The molecule has 1 amide bonds. The van der Waals surface area contributed by atoms with E-state index in [1.165, 1.54) is 6.33 Å². The molecule has 0 radical (unpaired) electrons. The first-order chi connectivity index (χ1) is 8.16. The molecule has 0 spiro atoms. The Morgan fingerprint density at radius 2 is 2.41 bits per heavy atom. The number of likely N-dealkylation sites (tertiary alicyclic amines) is 1. The van der Waals surface area contributed by atoms with Gasteiger partial charge in [0.05, 0.1) is 6.20 Å². The normalized spacial score (nSPS) is 29.4.